The fraction of sp³-hybridized carbons (Fsp3) is 0.435. The highest BCUT2D eigenvalue weighted by Gasteiger charge is 2.44. The average molecular weight is 368 g/mol. The largest absolute Gasteiger partial charge is 0.354 e. The third-order valence-corrected chi connectivity index (χ3v) is 5.40. The maximum atomic E-state index is 13.2. The van der Waals surface area contributed by atoms with Gasteiger partial charge in [-0.2, -0.15) is 0 Å². The number of rotatable bonds is 7. The van der Waals surface area contributed by atoms with Crippen molar-refractivity contribution in [2.45, 2.75) is 45.1 Å². The van der Waals surface area contributed by atoms with Crippen molar-refractivity contribution in [1.82, 2.24) is 10.6 Å². The van der Waals surface area contributed by atoms with Crippen LogP contribution in [0.15, 0.2) is 54.6 Å². The molecule has 0 radical (unpaired) electrons. The number of amides is 1. The zero-order valence-corrected chi connectivity index (χ0v) is 16.4. The van der Waals surface area contributed by atoms with Gasteiger partial charge in [0.2, 0.25) is 5.91 Å². The molecule has 0 spiro atoms. The van der Waals surface area contributed by atoms with Crippen LogP contribution in [0, 0.1) is 11.2 Å². The summed E-state index contributed by atoms with van der Waals surface area (Å²) in [5.41, 5.74) is 2.30. The van der Waals surface area contributed by atoms with Crippen molar-refractivity contribution < 1.29 is 9.18 Å². The number of benzene rings is 2. The summed E-state index contributed by atoms with van der Waals surface area (Å²) in [6.07, 6.45) is 2.23. The minimum Gasteiger partial charge on any atom is -0.354 e. The molecule has 4 heteroatoms. The zero-order chi connectivity index (χ0) is 19.5. The molecule has 1 aliphatic rings. The Morgan fingerprint density at radius 3 is 2.26 bits per heavy atom. The van der Waals surface area contributed by atoms with Crippen LogP contribution in [0.25, 0.3) is 0 Å². The number of carbonyl (C=O) groups is 1. The molecule has 0 aromatic heterocycles. The number of hydrogen-bond acceptors (Lipinski definition) is 2. The highest BCUT2D eigenvalue weighted by molar-refractivity contribution is 5.78. The predicted octanol–water partition coefficient (Wildman–Crippen LogP) is 4.35. The fourth-order valence-corrected chi connectivity index (χ4v) is 3.61. The van der Waals surface area contributed by atoms with E-state index in [-0.39, 0.29) is 35.1 Å². The number of nitrogens with one attached hydrogen (secondary N) is 2. The van der Waals surface area contributed by atoms with Gasteiger partial charge in [-0.3, -0.25) is 4.79 Å². The Morgan fingerprint density at radius 1 is 1.07 bits per heavy atom. The van der Waals surface area contributed by atoms with Crippen molar-refractivity contribution >= 4 is 5.91 Å². The average Bonchev–Trinajstić information content (AvgIpc) is 3.43. The highest BCUT2D eigenvalue weighted by Crippen LogP contribution is 2.47. The molecule has 1 unspecified atom stereocenters. The molecule has 2 aromatic rings. The van der Waals surface area contributed by atoms with Crippen molar-refractivity contribution in [3.8, 4) is 0 Å². The standard InChI is InChI=1S/C23H29FN2O/c1-22(2,3)21(17-9-11-19(24)12-10-17)25-15-20(27)26-16-23(13-14-23)18-7-5-4-6-8-18/h4-12,21,25H,13-16H2,1-3H3,(H,26,27). The van der Waals surface area contributed by atoms with Crippen molar-refractivity contribution in [3.63, 3.8) is 0 Å². The lowest BCUT2D eigenvalue weighted by Gasteiger charge is -2.32. The quantitative estimate of drug-likeness (QED) is 0.763. The van der Waals surface area contributed by atoms with Gasteiger partial charge in [-0.05, 0) is 41.5 Å². The Hall–Kier alpha value is -2.20. The summed E-state index contributed by atoms with van der Waals surface area (Å²) in [5.74, 6) is -0.256. The Morgan fingerprint density at radius 2 is 1.70 bits per heavy atom. The summed E-state index contributed by atoms with van der Waals surface area (Å²) >= 11 is 0. The molecule has 1 saturated carbocycles. The Balaban J connectivity index is 1.56. The lowest BCUT2D eigenvalue weighted by molar-refractivity contribution is -0.120. The van der Waals surface area contributed by atoms with E-state index in [2.05, 4.69) is 55.7 Å². The van der Waals surface area contributed by atoms with Crippen LogP contribution < -0.4 is 10.6 Å². The summed E-state index contributed by atoms with van der Waals surface area (Å²) in [6.45, 7) is 7.25. The van der Waals surface area contributed by atoms with Gasteiger partial charge in [-0.1, -0.05) is 63.2 Å². The van der Waals surface area contributed by atoms with Gasteiger partial charge < -0.3 is 10.6 Å². The second-order valence-electron chi connectivity index (χ2n) is 8.65. The van der Waals surface area contributed by atoms with E-state index in [4.69, 9.17) is 0 Å². The predicted molar refractivity (Wildman–Crippen MR) is 107 cm³/mol. The first kappa shape index (κ1) is 19.6. The molecule has 0 saturated heterocycles. The van der Waals surface area contributed by atoms with E-state index in [0.29, 0.717) is 6.54 Å². The van der Waals surface area contributed by atoms with Crippen LogP contribution in [-0.2, 0) is 10.2 Å². The second-order valence-corrected chi connectivity index (χ2v) is 8.65. The van der Waals surface area contributed by atoms with Crippen LogP contribution in [0.4, 0.5) is 4.39 Å². The smallest absolute Gasteiger partial charge is 0.234 e. The Labute approximate surface area is 161 Å². The Kier molecular flexibility index (Phi) is 5.66. The van der Waals surface area contributed by atoms with Gasteiger partial charge in [0.25, 0.3) is 0 Å². The monoisotopic (exact) mass is 368 g/mol. The van der Waals surface area contributed by atoms with Gasteiger partial charge in [0.1, 0.15) is 5.82 Å². The van der Waals surface area contributed by atoms with Crippen LogP contribution >= 0.6 is 0 Å². The highest BCUT2D eigenvalue weighted by atomic mass is 19.1. The molecular weight excluding hydrogens is 339 g/mol. The molecule has 0 heterocycles. The first-order valence-corrected chi connectivity index (χ1v) is 9.61. The maximum Gasteiger partial charge on any atom is 0.234 e. The van der Waals surface area contributed by atoms with Gasteiger partial charge in [0, 0.05) is 18.0 Å². The minimum absolute atomic E-state index is 0.00596. The molecule has 3 rings (SSSR count). The summed E-state index contributed by atoms with van der Waals surface area (Å²) in [7, 11) is 0. The summed E-state index contributed by atoms with van der Waals surface area (Å²) < 4.78 is 13.2. The van der Waals surface area contributed by atoms with Crippen molar-refractivity contribution in [2.24, 2.45) is 5.41 Å². The van der Waals surface area contributed by atoms with Gasteiger partial charge in [0.15, 0.2) is 0 Å². The number of carbonyl (C=O) groups excluding carboxylic acids is 1. The van der Waals surface area contributed by atoms with Crippen LogP contribution in [0.1, 0.15) is 50.8 Å². The molecule has 1 amide bonds. The van der Waals surface area contributed by atoms with E-state index < -0.39 is 0 Å². The van der Waals surface area contributed by atoms with Gasteiger partial charge in [-0.25, -0.2) is 4.39 Å². The molecule has 27 heavy (non-hydrogen) atoms. The van der Waals surface area contributed by atoms with Crippen molar-refractivity contribution in [3.05, 3.63) is 71.5 Å². The van der Waals surface area contributed by atoms with Crippen molar-refractivity contribution in [2.75, 3.05) is 13.1 Å². The van der Waals surface area contributed by atoms with E-state index in [1.165, 1.54) is 17.7 Å². The summed E-state index contributed by atoms with van der Waals surface area (Å²) in [6, 6.07) is 16.9. The molecule has 0 bridgehead atoms. The van der Waals surface area contributed by atoms with E-state index in [1.54, 1.807) is 12.1 Å². The minimum atomic E-state index is -0.250. The van der Waals surface area contributed by atoms with E-state index in [9.17, 15) is 9.18 Å². The molecule has 1 aliphatic carbocycles. The van der Waals surface area contributed by atoms with Crippen LogP contribution in [0.3, 0.4) is 0 Å². The van der Waals surface area contributed by atoms with Crippen LogP contribution in [0.5, 0.6) is 0 Å². The fourth-order valence-electron chi connectivity index (χ4n) is 3.61. The lowest BCUT2D eigenvalue weighted by atomic mass is 9.82. The van der Waals surface area contributed by atoms with Gasteiger partial charge in [-0.15, -0.1) is 0 Å². The van der Waals surface area contributed by atoms with E-state index in [0.717, 1.165) is 18.4 Å². The molecular formula is C23H29FN2O. The van der Waals surface area contributed by atoms with Gasteiger partial charge in [0.05, 0.1) is 6.54 Å². The second kappa shape index (κ2) is 7.81. The van der Waals surface area contributed by atoms with Gasteiger partial charge >= 0.3 is 0 Å². The summed E-state index contributed by atoms with van der Waals surface area (Å²) in [4.78, 5) is 12.4. The summed E-state index contributed by atoms with van der Waals surface area (Å²) in [5, 5.41) is 6.45. The topological polar surface area (TPSA) is 41.1 Å². The van der Waals surface area contributed by atoms with E-state index in [1.807, 2.05) is 6.07 Å². The molecule has 3 nitrogen and oxygen atoms in total. The molecule has 2 N–H and O–H groups in total. The van der Waals surface area contributed by atoms with Crippen LogP contribution in [-0.4, -0.2) is 19.0 Å². The SMILES string of the molecule is CC(C)(C)C(NCC(=O)NCC1(c2ccccc2)CC1)c1ccc(F)cc1. The number of halogens is 1. The zero-order valence-electron chi connectivity index (χ0n) is 16.4. The molecule has 2 aromatic carbocycles. The van der Waals surface area contributed by atoms with Crippen LogP contribution in [0.2, 0.25) is 0 Å². The third-order valence-electron chi connectivity index (χ3n) is 5.40. The first-order chi connectivity index (χ1) is 12.8. The van der Waals surface area contributed by atoms with E-state index >= 15 is 0 Å². The number of hydrogen-bond donors (Lipinski definition) is 2. The molecule has 1 fully saturated rings. The van der Waals surface area contributed by atoms with Crippen molar-refractivity contribution in [1.29, 1.82) is 0 Å². The molecule has 1 atom stereocenters. The lowest BCUT2D eigenvalue weighted by Crippen LogP contribution is -2.42. The molecule has 144 valence electrons. The maximum absolute atomic E-state index is 13.2. The normalized spacial score (nSPS) is 16.6. The third kappa shape index (κ3) is 4.95. The Bertz CT molecular complexity index is 761. The molecule has 0 aliphatic heterocycles. The first-order valence-electron chi connectivity index (χ1n) is 9.61.